The lowest BCUT2D eigenvalue weighted by atomic mass is 10.0. The molecule has 0 amide bonds. The highest BCUT2D eigenvalue weighted by Gasteiger charge is 2.26. The number of anilines is 1. The van der Waals surface area contributed by atoms with Crippen molar-refractivity contribution in [3.8, 4) is 11.1 Å². The van der Waals surface area contributed by atoms with E-state index >= 15 is 0 Å². The Kier molecular flexibility index (Phi) is 4.56. The number of hydrogen-bond acceptors (Lipinski definition) is 5. The van der Waals surface area contributed by atoms with Crippen LogP contribution in [0.25, 0.3) is 22.8 Å². The Hall–Kier alpha value is -3.51. The van der Waals surface area contributed by atoms with E-state index in [1.807, 2.05) is 30.5 Å². The average Bonchev–Trinajstić information content (AvgIpc) is 3.08. The van der Waals surface area contributed by atoms with Crippen LogP contribution < -0.4 is 4.90 Å². The van der Waals surface area contributed by atoms with Crippen molar-refractivity contribution in [1.82, 2.24) is 9.88 Å². The van der Waals surface area contributed by atoms with Crippen LogP contribution in [0.5, 0.6) is 0 Å². The first-order chi connectivity index (χ1) is 14.6. The highest BCUT2D eigenvalue weighted by Crippen LogP contribution is 2.46. The van der Waals surface area contributed by atoms with Gasteiger partial charge >= 0.3 is 0 Å². The fourth-order valence-corrected chi connectivity index (χ4v) is 4.32. The van der Waals surface area contributed by atoms with Crippen LogP contribution in [0, 0.1) is 10.1 Å². The zero-order chi connectivity index (χ0) is 20.7. The Morgan fingerprint density at radius 1 is 0.933 bits per heavy atom. The van der Waals surface area contributed by atoms with Crippen molar-refractivity contribution >= 4 is 23.2 Å². The van der Waals surface area contributed by atoms with Gasteiger partial charge in [0.1, 0.15) is 5.82 Å². The summed E-state index contributed by atoms with van der Waals surface area (Å²) in [5.41, 5.74) is 6.29. The molecule has 150 valence electrons. The van der Waals surface area contributed by atoms with Crippen molar-refractivity contribution in [1.29, 1.82) is 0 Å². The molecular weight excluding hydrogens is 376 g/mol. The number of non-ortho nitro benzene ring substituents is 1. The van der Waals surface area contributed by atoms with E-state index in [0.29, 0.717) is 0 Å². The molecular formula is C24H22N4O2. The number of aromatic nitrogens is 1. The van der Waals surface area contributed by atoms with E-state index in [4.69, 9.17) is 0 Å². The van der Waals surface area contributed by atoms with E-state index in [0.717, 1.165) is 65.4 Å². The highest BCUT2D eigenvalue weighted by atomic mass is 16.6. The molecule has 1 aromatic heterocycles. The first-order valence-electron chi connectivity index (χ1n) is 10.1. The van der Waals surface area contributed by atoms with Crippen LogP contribution in [0.1, 0.15) is 16.7 Å². The second kappa shape index (κ2) is 7.39. The Labute approximate surface area is 175 Å². The summed E-state index contributed by atoms with van der Waals surface area (Å²) >= 11 is 0. The summed E-state index contributed by atoms with van der Waals surface area (Å²) in [5, 5.41) is 11.4. The second-order valence-electron chi connectivity index (χ2n) is 7.80. The van der Waals surface area contributed by atoms with Gasteiger partial charge in [0.15, 0.2) is 0 Å². The number of piperazine rings is 1. The molecule has 3 aromatic rings. The standard InChI is InChI=1S/C24H22N4O2/c1-26-11-13-27(14-12-26)24-17(5-4-10-25-24)15-22-20-7-3-2-6-19(20)21-9-8-18(28(29)30)16-23(21)22/h2-10,15-16H,11-14H2,1H3. The lowest BCUT2D eigenvalue weighted by molar-refractivity contribution is -0.384. The number of benzene rings is 2. The SMILES string of the molecule is CN1CCN(c2ncccc2C=C2c3ccccc3-c3ccc([N+](=O)[O-])cc32)CC1. The van der Waals surface area contributed by atoms with Crippen molar-refractivity contribution in [2.45, 2.75) is 0 Å². The monoisotopic (exact) mass is 398 g/mol. The molecule has 1 aliphatic heterocycles. The molecule has 30 heavy (non-hydrogen) atoms. The average molecular weight is 398 g/mol. The van der Waals surface area contributed by atoms with Gasteiger partial charge in [0.25, 0.3) is 5.69 Å². The third-order valence-corrected chi connectivity index (χ3v) is 5.93. The molecule has 1 saturated heterocycles. The van der Waals surface area contributed by atoms with Gasteiger partial charge in [0.2, 0.25) is 0 Å². The van der Waals surface area contributed by atoms with E-state index < -0.39 is 0 Å². The van der Waals surface area contributed by atoms with Crippen LogP contribution in [0.15, 0.2) is 60.8 Å². The van der Waals surface area contributed by atoms with Crippen LogP contribution in [0.3, 0.4) is 0 Å². The van der Waals surface area contributed by atoms with Crippen LogP contribution in [-0.4, -0.2) is 48.0 Å². The number of fused-ring (bicyclic) bond motifs is 3. The first-order valence-corrected chi connectivity index (χ1v) is 10.1. The Morgan fingerprint density at radius 3 is 2.43 bits per heavy atom. The predicted octanol–water partition coefficient (Wildman–Crippen LogP) is 4.31. The van der Waals surface area contributed by atoms with Gasteiger partial charge in [-0.05, 0) is 59.1 Å². The molecule has 2 aliphatic rings. The number of nitro groups is 1. The molecule has 0 saturated carbocycles. The molecule has 2 heterocycles. The molecule has 1 fully saturated rings. The van der Waals surface area contributed by atoms with Gasteiger partial charge < -0.3 is 9.80 Å². The number of rotatable bonds is 3. The zero-order valence-corrected chi connectivity index (χ0v) is 16.8. The minimum atomic E-state index is -0.333. The Morgan fingerprint density at radius 2 is 1.67 bits per heavy atom. The molecule has 1 aliphatic carbocycles. The quantitative estimate of drug-likeness (QED) is 0.380. The van der Waals surface area contributed by atoms with Crippen molar-refractivity contribution in [2.24, 2.45) is 0 Å². The van der Waals surface area contributed by atoms with Crippen molar-refractivity contribution in [3.05, 3.63) is 87.6 Å². The maximum atomic E-state index is 11.4. The molecule has 0 bridgehead atoms. The summed E-state index contributed by atoms with van der Waals surface area (Å²) in [6.45, 7) is 3.87. The maximum Gasteiger partial charge on any atom is 0.270 e. The Balaban J connectivity index is 1.65. The van der Waals surface area contributed by atoms with Gasteiger partial charge in [0, 0.05) is 50.1 Å². The first kappa shape index (κ1) is 18.5. The van der Waals surface area contributed by atoms with Crippen LogP contribution in [-0.2, 0) is 0 Å². The number of hydrogen-bond donors (Lipinski definition) is 0. The van der Waals surface area contributed by atoms with Gasteiger partial charge in [-0.3, -0.25) is 10.1 Å². The summed E-state index contributed by atoms with van der Waals surface area (Å²) in [5.74, 6) is 0.967. The van der Waals surface area contributed by atoms with Gasteiger partial charge in [-0.15, -0.1) is 0 Å². The molecule has 0 spiro atoms. The second-order valence-corrected chi connectivity index (χ2v) is 7.80. The number of likely N-dealkylation sites (N-methyl/N-ethyl adjacent to an activating group) is 1. The summed E-state index contributed by atoms with van der Waals surface area (Å²) in [7, 11) is 2.14. The molecule has 5 rings (SSSR count). The minimum absolute atomic E-state index is 0.109. The number of nitrogens with zero attached hydrogens (tertiary/aromatic N) is 4. The highest BCUT2D eigenvalue weighted by molar-refractivity contribution is 6.07. The van der Waals surface area contributed by atoms with Crippen LogP contribution in [0.4, 0.5) is 11.5 Å². The summed E-state index contributed by atoms with van der Waals surface area (Å²) in [4.78, 5) is 20.4. The zero-order valence-electron chi connectivity index (χ0n) is 16.8. The topological polar surface area (TPSA) is 62.5 Å². The fourth-order valence-electron chi connectivity index (χ4n) is 4.32. The van der Waals surface area contributed by atoms with Gasteiger partial charge in [-0.1, -0.05) is 24.3 Å². The lowest BCUT2D eigenvalue weighted by Crippen LogP contribution is -2.45. The number of nitro benzene ring substituents is 1. The van der Waals surface area contributed by atoms with Gasteiger partial charge in [0.05, 0.1) is 4.92 Å². The third kappa shape index (κ3) is 3.15. The minimum Gasteiger partial charge on any atom is -0.354 e. The van der Waals surface area contributed by atoms with E-state index in [2.05, 4.69) is 46.1 Å². The largest absolute Gasteiger partial charge is 0.354 e. The molecule has 6 nitrogen and oxygen atoms in total. The third-order valence-electron chi connectivity index (χ3n) is 5.93. The molecule has 6 heteroatoms. The normalized spacial score (nSPS) is 17.1. The molecule has 2 aromatic carbocycles. The van der Waals surface area contributed by atoms with E-state index in [1.165, 1.54) is 0 Å². The van der Waals surface area contributed by atoms with E-state index in [1.54, 1.807) is 12.1 Å². The molecule has 0 atom stereocenters. The van der Waals surface area contributed by atoms with Gasteiger partial charge in [-0.2, -0.15) is 0 Å². The van der Waals surface area contributed by atoms with E-state index in [9.17, 15) is 10.1 Å². The maximum absolute atomic E-state index is 11.4. The van der Waals surface area contributed by atoms with Crippen LogP contribution >= 0.6 is 0 Å². The molecule has 0 radical (unpaired) electrons. The number of pyridine rings is 1. The lowest BCUT2D eigenvalue weighted by Gasteiger charge is -2.34. The Bertz CT molecular complexity index is 1160. The predicted molar refractivity (Wildman–Crippen MR) is 119 cm³/mol. The summed E-state index contributed by atoms with van der Waals surface area (Å²) in [6.07, 6.45) is 3.96. The smallest absolute Gasteiger partial charge is 0.270 e. The van der Waals surface area contributed by atoms with Crippen molar-refractivity contribution in [3.63, 3.8) is 0 Å². The fraction of sp³-hybridized carbons (Fsp3) is 0.208. The molecule has 0 unspecified atom stereocenters. The van der Waals surface area contributed by atoms with Gasteiger partial charge in [-0.25, -0.2) is 4.98 Å². The van der Waals surface area contributed by atoms with Crippen molar-refractivity contribution < 1.29 is 4.92 Å². The summed E-state index contributed by atoms with van der Waals surface area (Å²) in [6, 6.07) is 17.3. The molecule has 0 N–H and O–H groups in total. The van der Waals surface area contributed by atoms with Crippen LogP contribution in [0.2, 0.25) is 0 Å². The van der Waals surface area contributed by atoms with Crippen molar-refractivity contribution in [2.75, 3.05) is 38.1 Å². The van der Waals surface area contributed by atoms with E-state index in [-0.39, 0.29) is 10.6 Å². The summed E-state index contributed by atoms with van der Waals surface area (Å²) < 4.78 is 0.